The van der Waals surface area contributed by atoms with Crippen molar-refractivity contribution in [3.63, 3.8) is 0 Å². The molecule has 29 heavy (non-hydrogen) atoms. The number of oxazole rings is 1. The van der Waals surface area contributed by atoms with Gasteiger partial charge in [-0.1, -0.05) is 18.2 Å². The maximum atomic E-state index is 12.0. The summed E-state index contributed by atoms with van der Waals surface area (Å²) in [4.78, 5) is 20.5. The van der Waals surface area contributed by atoms with Crippen LogP contribution in [0.25, 0.3) is 22.7 Å². The van der Waals surface area contributed by atoms with Crippen molar-refractivity contribution in [2.45, 2.75) is 0 Å². The summed E-state index contributed by atoms with van der Waals surface area (Å²) in [5, 5.41) is 5.72. The van der Waals surface area contributed by atoms with Gasteiger partial charge in [0.05, 0.1) is 0 Å². The van der Waals surface area contributed by atoms with Crippen LogP contribution < -0.4 is 15.4 Å². The van der Waals surface area contributed by atoms with Crippen molar-refractivity contribution < 1.29 is 13.9 Å². The standard InChI is InChI=1S/C21H16N4O3S/c26-18(13-27-16-5-2-1-3-6-16)24-21(29)23-15-10-8-14(9-11-15)20-25-19-17(28-20)7-4-12-22-19/h1-12H,13H2,(H2,23,24,26,29). The third kappa shape index (κ3) is 4.74. The van der Waals surface area contributed by atoms with Gasteiger partial charge in [0, 0.05) is 17.4 Å². The summed E-state index contributed by atoms with van der Waals surface area (Å²) < 4.78 is 11.1. The van der Waals surface area contributed by atoms with Crippen LogP contribution >= 0.6 is 12.2 Å². The number of nitrogens with zero attached hydrogens (tertiary/aromatic N) is 2. The first-order chi connectivity index (χ1) is 14.2. The number of aromatic nitrogens is 2. The Balaban J connectivity index is 1.32. The van der Waals surface area contributed by atoms with Crippen molar-refractivity contribution in [2.75, 3.05) is 11.9 Å². The number of amides is 1. The molecule has 0 atom stereocenters. The molecule has 1 amide bonds. The number of thiocarbonyl (C=S) groups is 1. The zero-order valence-electron chi connectivity index (χ0n) is 15.2. The number of hydrogen-bond donors (Lipinski definition) is 2. The Morgan fingerprint density at radius 3 is 2.59 bits per heavy atom. The predicted octanol–water partition coefficient (Wildman–Crippen LogP) is 3.78. The number of nitrogens with one attached hydrogen (secondary N) is 2. The van der Waals surface area contributed by atoms with Crippen LogP contribution in [-0.4, -0.2) is 27.6 Å². The minimum atomic E-state index is -0.345. The topological polar surface area (TPSA) is 89.3 Å². The molecule has 2 aromatic heterocycles. The fraction of sp³-hybridized carbons (Fsp3) is 0.0476. The maximum Gasteiger partial charge on any atom is 0.264 e. The van der Waals surface area contributed by atoms with Gasteiger partial charge in [0.1, 0.15) is 5.75 Å². The van der Waals surface area contributed by atoms with Crippen LogP contribution in [0.1, 0.15) is 0 Å². The van der Waals surface area contributed by atoms with Crippen LogP contribution in [0.3, 0.4) is 0 Å². The van der Waals surface area contributed by atoms with Gasteiger partial charge in [0.25, 0.3) is 5.91 Å². The fourth-order valence-corrected chi connectivity index (χ4v) is 2.81. The molecular formula is C21H16N4O3S. The summed E-state index contributed by atoms with van der Waals surface area (Å²) in [5.74, 6) is 0.757. The van der Waals surface area contributed by atoms with E-state index in [4.69, 9.17) is 21.4 Å². The Morgan fingerprint density at radius 1 is 1.03 bits per heavy atom. The minimum Gasteiger partial charge on any atom is -0.484 e. The fourth-order valence-electron chi connectivity index (χ4n) is 2.58. The van der Waals surface area contributed by atoms with Gasteiger partial charge in [0.15, 0.2) is 22.9 Å². The van der Waals surface area contributed by atoms with Gasteiger partial charge in [-0.25, -0.2) is 4.98 Å². The SMILES string of the molecule is O=C(COc1ccccc1)NC(=S)Nc1ccc(-c2nc3ncccc3o2)cc1. The molecular weight excluding hydrogens is 388 g/mol. The highest BCUT2D eigenvalue weighted by atomic mass is 32.1. The minimum absolute atomic E-state index is 0.128. The second kappa shape index (κ2) is 8.49. The average molecular weight is 404 g/mol. The van der Waals surface area contributed by atoms with Gasteiger partial charge in [-0.05, 0) is 60.7 Å². The number of anilines is 1. The molecule has 0 fully saturated rings. The summed E-state index contributed by atoms with van der Waals surface area (Å²) in [7, 11) is 0. The number of fused-ring (bicyclic) bond motifs is 1. The number of benzene rings is 2. The number of carbonyl (C=O) groups excluding carboxylic acids is 1. The van der Waals surface area contributed by atoms with Crippen molar-refractivity contribution >= 4 is 40.2 Å². The Bertz CT molecular complexity index is 1110. The number of rotatable bonds is 5. The molecule has 144 valence electrons. The van der Waals surface area contributed by atoms with E-state index in [0.29, 0.717) is 22.9 Å². The molecule has 8 heteroatoms. The third-order valence-corrected chi connectivity index (χ3v) is 4.12. The number of carbonyl (C=O) groups is 1. The Kier molecular flexibility index (Phi) is 5.44. The van der Waals surface area contributed by atoms with E-state index in [2.05, 4.69) is 20.6 Å². The van der Waals surface area contributed by atoms with Crippen molar-refractivity contribution in [1.82, 2.24) is 15.3 Å². The van der Waals surface area contributed by atoms with Crippen LogP contribution in [-0.2, 0) is 4.79 Å². The summed E-state index contributed by atoms with van der Waals surface area (Å²) >= 11 is 5.18. The van der Waals surface area contributed by atoms with E-state index in [1.54, 1.807) is 24.4 Å². The number of pyridine rings is 1. The predicted molar refractivity (Wildman–Crippen MR) is 114 cm³/mol. The zero-order valence-corrected chi connectivity index (χ0v) is 16.0. The molecule has 7 nitrogen and oxygen atoms in total. The van der Waals surface area contributed by atoms with Gasteiger partial charge in [-0.3, -0.25) is 10.1 Å². The van der Waals surface area contributed by atoms with Crippen LogP contribution in [0.5, 0.6) is 5.75 Å². The van der Waals surface area contributed by atoms with Gasteiger partial charge in [-0.2, -0.15) is 4.98 Å². The molecule has 0 bridgehead atoms. The van der Waals surface area contributed by atoms with Crippen molar-refractivity contribution in [2.24, 2.45) is 0 Å². The van der Waals surface area contributed by atoms with E-state index in [0.717, 1.165) is 11.3 Å². The molecule has 2 heterocycles. The lowest BCUT2D eigenvalue weighted by Gasteiger charge is -2.10. The van der Waals surface area contributed by atoms with Crippen molar-refractivity contribution in [1.29, 1.82) is 0 Å². The first kappa shape index (κ1) is 18.6. The van der Waals surface area contributed by atoms with E-state index < -0.39 is 0 Å². The highest BCUT2D eigenvalue weighted by Crippen LogP contribution is 2.24. The van der Waals surface area contributed by atoms with Gasteiger partial charge in [-0.15, -0.1) is 0 Å². The van der Waals surface area contributed by atoms with Gasteiger partial charge in [0.2, 0.25) is 5.89 Å². The molecule has 0 unspecified atom stereocenters. The van der Waals surface area contributed by atoms with Crippen molar-refractivity contribution in [3.8, 4) is 17.2 Å². The molecule has 0 radical (unpaired) electrons. The smallest absolute Gasteiger partial charge is 0.264 e. The lowest BCUT2D eigenvalue weighted by molar-refractivity contribution is -0.121. The zero-order chi connectivity index (χ0) is 20.1. The summed E-state index contributed by atoms with van der Waals surface area (Å²) in [6.45, 7) is -0.128. The van der Waals surface area contributed by atoms with E-state index in [-0.39, 0.29) is 17.6 Å². The molecule has 4 aromatic rings. The molecule has 0 spiro atoms. The maximum absolute atomic E-state index is 12.0. The normalized spacial score (nSPS) is 10.5. The van der Waals surface area contributed by atoms with Gasteiger partial charge < -0.3 is 14.5 Å². The first-order valence-electron chi connectivity index (χ1n) is 8.78. The number of ether oxygens (including phenoxy) is 1. The van der Waals surface area contributed by atoms with E-state index in [1.165, 1.54) is 0 Å². The molecule has 2 N–H and O–H groups in total. The quantitative estimate of drug-likeness (QED) is 0.489. The summed E-state index contributed by atoms with van der Waals surface area (Å²) in [6.07, 6.45) is 1.67. The number of hydrogen-bond acceptors (Lipinski definition) is 6. The highest BCUT2D eigenvalue weighted by molar-refractivity contribution is 7.80. The van der Waals surface area contributed by atoms with Crippen LogP contribution in [0.4, 0.5) is 5.69 Å². The van der Waals surface area contributed by atoms with Crippen LogP contribution in [0, 0.1) is 0 Å². The van der Waals surface area contributed by atoms with Crippen LogP contribution in [0.15, 0.2) is 77.3 Å². The lowest BCUT2D eigenvalue weighted by atomic mass is 10.2. The van der Waals surface area contributed by atoms with Crippen molar-refractivity contribution in [3.05, 3.63) is 72.9 Å². The molecule has 2 aromatic carbocycles. The summed E-state index contributed by atoms with van der Waals surface area (Å²) in [5.41, 5.74) is 2.72. The highest BCUT2D eigenvalue weighted by Gasteiger charge is 2.09. The first-order valence-corrected chi connectivity index (χ1v) is 9.19. The monoisotopic (exact) mass is 404 g/mol. The molecule has 0 aliphatic carbocycles. The molecule has 0 aliphatic heterocycles. The van der Waals surface area contributed by atoms with Gasteiger partial charge >= 0.3 is 0 Å². The van der Waals surface area contributed by atoms with E-state index in [1.807, 2.05) is 48.5 Å². The average Bonchev–Trinajstić information content (AvgIpc) is 3.18. The molecule has 0 saturated heterocycles. The van der Waals surface area contributed by atoms with Crippen LogP contribution in [0.2, 0.25) is 0 Å². The van der Waals surface area contributed by atoms with E-state index >= 15 is 0 Å². The van der Waals surface area contributed by atoms with E-state index in [9.17, 15) is 4.79 Å². The summed E-state index contributed by atoms with van der Waals surface area (Å²) in [6, 6.07) is 20.0. The molecule has 0 saturated carbocycles. The lowest BCUT2D eigenvalue weighted by Crippen LogP contribution is -2.37. The molecule has 4 rings (SSSR count). The third-order valence-electron chi connectivity index (χ3n) is 3.92. The molecule has 0 aliphatic rings. The Hall–Kier alpha value is -3.78. The Morgan fingerprint density at radius 2 is 1.83 bits per heavy atom. The second-order valence-corrected chi connectivity index (χ2v) is 6.43. The second-order valence-electron chi connectivity index (χ2n) is 6.03. The number of para-hydroxylation sites is 1. The Labute approximate surface area is 171 Å². The largest absolute Gasteiger partial charge is 0.484 e.